The van der Waals surface area contributed by atoms with Gasteiger partial charge in [0.2, 0.25) is 5.91 Å². The van der Waals surface area contributed by atoms with Gasteiger partial charge in [0, 0.05) is 13.1 Å². The maximum absolute atomic E-state index is 12.3. The molecule has 0 spiro atoms. The number of benzene rings is 1. The number of amides is 1. The molecule has 1 amide bonds. The molecule has 1 heterocycles. The minimum atomic E-state index is -0.170. The summed E-state index contributed by atoms with van der Waals surface area (Å²) >= 11 is 0. The van der Waals surface area contributed by atoms with Crippen molar-refractivity contribution in [3.63, 3.8) is 0 Å². The van der Waals surface area contributed by atoms with Gasteiger partial charge in [0.1, 0.15) is 6.04 Å². The first-order valence-corrected chi connectivity index (χ1v) is 7.34. The SMILES string of the molecule is CC(CNC(=O)C1NCCc2ccccc21)C1CC1. The van der Waals surface area contributed by atoms with Crippen LogP contribution in [0, 0.1) is 11.8 Å². The predicted octanol–water partition coefficient (Wildman–Crippen LogP) is 2.04. The van der Waals surface area contributed by atoms with E-state index in [9.17, 15) is 4.79 Å². The normalized spacial score (nSPS) is 23.5. The smallest absolute Gasteiger partial charge is 0.241 e. The average molecular weight is 258 g/mol. The van der Waals surface area contributed by atoms with Gasteiger partial charge < -0.3 is 10.6 Å². The molecule has 1 aliphatic carbocycles. The van der Waals surface area contributed by atoms with E-state index < -0.39 is 0 Å². The number of rotatable bonds is 4. The number of hydrogen-bond donors (Lipinski definition) is 2. The van der Waals surface area contributed by atoms with E-state index in [1.807, 2.05) is 12.1 Å². The van der Waals surface area contributed by atoms with E-state index in [4.69, 9.17) is 0 Å². The van der Waals surface area contributed by atoms with E-state index in [0.717, 1.165) is 31.0 Å². The van der Waals surface area contributed by atoms with E-state index >= 15 is 0 Å². The summed E-state index contributed by atoms with van der Waals surface area (Å²) in [6.45, 7) is 3.93. The molecule has 0 bridgehead atoms. The van der Waals surface area contributed by atoms with Crippen molar-refractivity contribution in [2.24, 2.45) is 11.8 Å². The third-order valence-corrected chi connectivity index (χ3v) is 4.40. The lowest BCUT2D eigenvalue weighted by atomic mass is 9.94. The van der Waals surface area contributed by atoms with Crippen molar-refractivity contribution < 1.29 is 4.79 Å². The van der Waals surface area contributed by atoms with Gasteiger partial charge in [-0.2, -0.15) is 0 Å². The van der Waals surface area contributed by atoms with E-state index in [-0.39, 0.29) is 11.9 Å². The zero-order valence-electron chi connectivity index (χ0n) is 11.5. The highest BCUT2D eigenvalue weighted by atomic mass is 16.2. The van der Waals surface area contributed by atoms with Crippen LogP contribution in [0.4, 0.5) is 0 Å². The van der Waals surface area contributed by atoms with Gasteiger partial charge in [0.25, 0.3) is 0 Å². The van der Waals surface area contributed by atoms with Crippen molar-refractivity contribution in [3.05, 3.63) is 35.4 Å². The van der Waals surface area contributed by atoms with Gasteiger partial charge in [-0.1, -0.05) is 31.2 Å². The third kappa shape index (κ3) is 2.81. The van der Waals surface area contributed by atoms with E-state index in [0.29, 0.717) is 5.92 Å². The largest absolute Gasteiger partial charge is 0.354 e. The van der Waals surface area contributed by atoms with Gasteiger partial charge in [-0.05, 0) is 42.2 Å². The molecule has 3 heteroatoms. The van der Waals surface area contributed by atoms with Crippen molar-refractivity contribution in [2.45, 2.75) is 32.2 Å². The van der Waals surface area contributed by atoms with Crippen LogP contribution in [0.2, 0.25) is 0 Å². The lowest BCUT2D eigenvalue weighted by Crippen LogP contribution is -2.42. The third-order valence-electron chi connectivity index (χ3n) is 4.40. The Kier molecular flexibility index (Phi) is 3.56. The molecule has 3 nitrogen and oxygen atoms in total. The average Bonchev–Trinajstić information content (AvgIpc) is 3.28. The second kappa shape index (κ2) is 5.33. The first-order chi connectivity index (χ1) is 9.25. The Labute approximate surface area is 114 Å². The molecule has 1 aliphatic heterocycles. The molecule has 2 unspecified atom stereocenters. The molecule has 0 radical (unpaired) electrons. The van der Waals surface area contributed by atoms with Crippen LogP contribution in [0.3, 0.4) is 0 Å². The Morgan fingerprint density at radius 3 is 3.00 bits per heavy atom. The Hall–Kier alpha value is -1.35. The molecule has 0 saturated heterocycles. The fourth-order valence-electron chi connectivity index (χ4n) is 2.93. The molecule has 2 atom stereocenters. The Morgan fingerprint density at radius 2 is 2.21 bits per heavy atom. The molecule has 1 aromatic carbocycles. The lowest BCUT2D eigenvalue weighted by molar-refractivity contribution is -0.123. The first kappa shape index (κ1) is 12.7. The van der Waals surface area contributed by atoms with Gasteiger partial charge in [-0.15, -0.1) is 0 Å². The Morgan fingerprint density at radius 1 is 1.42 bits per heavy atom. The molecule has 19 heavy (non-hydrogen) atoms. The van der Waals surface area contributed by atoms with E-state index in [1.54, 1.807) is 0 Å². The zero-order chi connectivity index (χ0) is 13.2. The number of carbonyl (C=O) groups is 1. The molecule has 0 aromatic heterocycles. The standard InChI is InChI=1S/C16H22N2O/c1-11(12-6-7-12)10-18-16(19)15-14-5-3-2-4-13(14)8-9-17-15/h2-5,11-12,15,17H,6-10H2,1H3,(H,18,19). The number of nitrogens with one attached hydrogen (secondary N) is 2. The van der Waals surface area contributed by atoms with Crippen LogP contribution in [0.1, 0.15) is 36.9 Å². The summed E-state index contributed by atoms with van der Waals surface area (Å²) in [5, 5.41) is 6.44. The molecule has 1 fully saturated rings. The van der Waals surface area contributed by atoms with Gasteiger partial charge in [0.15, 0.2) is 0 Å². The molecule has 2 N–H and O–H groups in total. The summed E-state index contributed by atoms with van der Waals surface area (Å²) in [5.41, 5.74) is 2.45. The second-order valence-electron chi connectivity index (χ2n) is 5.90. The van der Waals surface area contributed by atoms with Crippen molar-refractivity contribution in [2.75, 3.05) is 13.1 Å². The van der Waals surface area contributed by atoms with Gasteiger partial charge >= 0.3 is 0 Å². The molecule has 3 rings (SSSR count). The summed E-state index contributed by atoms with van der Waals surface area (Å²) in [6.07, 6.45) is 3.68. The van der Waals surface area contributed by atoms with Crippen LogP contribution in [-0.4, -0.2) is 19.0 Å². The molecular weight excluding hydrogens is 236 g/mol. The van der Waals surface area contributed by atoms with Crippen LogP contribution < -0.4 is 10.6 Å². The monoisotopic (exact) mass is 258 g/mol. The van der Waals surface area contributed by atoms with Crippen molar-refractivity contribution >= 4 is 5.91 Å². The minimum Gasteiger partial charge on any atom is -0.354 e. The van der Waals surface area contributed by atoms with Crippen molar-refractivity contribution in [1.82, 2.24) is 10.6 Å². The van der Waals surface area contributed by atoms with E-state index in [1.165, 1.54) is 18.4 Å². The van der Waals surface area contributed by atoms with Crippen LogP contribution in [0.5, 0.6) is 0 Å². The summed E-state index contributed by atoms with van der Waals surface area (Å²) in [6, 6.07) is 8.09. The molecule has 1 aromatic rings. The van der Waals surface area contributed by atoms with Crippen LogP contribution in [-0.2, 0) is 11.2 Å². The van der Waals surface area contributed by atoms with Crippen molar-refractivity contribution in [3.8, 4) is 0 Å². The second-order valence-corrected chi connectivity index (χ2v) is 5.90. The molecule has 102 valence electrons. The molecular formula is C16H22N2O. The maximum Gasteiger partial charge on any atom is 0.241 e. The van der Waals surface area contributed by atoms with Crippen molar-refractivity contribution in [1.29, 1.82) is 0 Å². The maximum atomic E-state index is 12.3. The summed E-state index contributed by atoms with van der Waals surface area (Å²) in [4.78, 5) is 12.3. The molecule has 1 saturated carbocycles. The lowest BCUT2D eigenvalue weighted by Gasteiger charge is -2.26. The highest BCUT2D eigenvalue weighted by Crippen LogP contribution is 2.36. The summed E-state index contributed by atoms with van der Waals surface area (Å²) in [5.74, 6) is 1.58. The van der Waals surface area contributed by atoms with Gasteiger partial charge in [0.05, 0.1) is 0 Å². The summed E-state index contributed by atoms with van der Waals surface area (Å²) < 4.78 is 0. The quantitative estimate of drug-likeness (QED) is 0.867. The fourth-order valence-corrected chi connectivity index (χ4v) is 2.93. The number of hydrogen-bond acceptors (Lipinski definition) is 2. The Bertz CT molecular complexity index is 468. The Balaban J connectivity index is 1.63. The van der Waals surface area contributed by atoms with E-state index in [2.05, 4.69) is 29.7 Å². The number of carbonyl (C=O) groups excluding carboxylic acids is 1. The fraction of sp³-hybridized carbons (Fsp3) is 0.562. The first-order valence-electron chi connectivity index (χ1n) is 7.34. The molecule has 2 aliphatic rings. The zero-order valence-corrected chi connectivity index (χ0v) is 11.5. The topological polar surface area (TPSA) is 41.1 Å². The highest BCUT2D eigenvalue weighted by molar-refractivity contribution is 5.83. The minimum absolute atomic E-state index is 0.125. The van der Waals surface area contributed by atoms with Crippen LogP contribution in [0.25, 0.3) is 0 Å². The van der Waals surface area contributed by atoms with Gasteiger partial charge in [-0.25, -0.2) is 0 Å². The predicted molar refractivity (Wildman–Crippen MR) is 75.8 cm³/mol. The number of fused-ring (bicyclic) bond motifs is 1. The highest BCUT2D eigenvalue weighted by Gasteiger charge is 2.30. The van der Waals surface area contributed by atoms with Gasteiger partial charge in [-0.3, -0.25) is 4.79 Å². The van der Waals surface area contributed by atoms with Crippen LogP contribution >= 0.6 is 0 Å². The summed E-state index contributed by atoms with van der Waals surface area (Å²) in [7, 11) is 0. The van der Waals surface area contributed by atoms with Crippen LogP contribution in [0.15, 0.2) is 24.3 Å².